The summed E-state index contributed by atoms with van der Waals surface area (Å²) >= 11 is 7.07. The van der Waals surface area contributed by atoms with Gasteiger partial charge in [-0.25, -0.2) is 13.8 Å². The third-order valence-corrected chi connectivity index (χ3v) is 6.96. The Morgan fingerprint density at radius 3 is 2.50 bits per heavy atom. The summed E-state index contributed by atoms with van der Waals surface area (Å²) in [4.78, 5) is 29.5. The highest BCUT2D eigenvalue weighted by Crippen LogP contribution is 2.43. The van der Waals surface area contributed by atoms with Crippen LogP contribution in [0.25, 0.3) is 21.3 Å². The normalized spacial score (nSPS) is 11.5. The number of carbonyl (C=O) groups excluding carboxylic acids is 2. The molecule has 0 saturated carbocycles. The van der Waals surface area contributed by atoms with Crippen molar-refractivity contribution in [1.82, 2.24) is 24.5 Å². The maximum atomic E-state index is 13.7. The first-order valence-corrected chi connectivity index (χ1v) is 11.3. The Hall–Kier alpha value is -3.38. The summed E-state index contributed by atoms with van der Waals surface area (Å²) in [7, 11) is 1.63. The number of amides is 2. The van der Waals surface area contributed by atoms with Gasteiger partial charge in [0, 0.05) is 30.7 Å². The van der Waals surface area contributed by atoms with Gasteiger partial charge in [-0.3, -0.25) is 19.0 Å². The van der Waals surface area contributed by atoms with Crippen molar-refractivity contribution in [2.75, 3.05) is 5.32 Å². The number of aryl methyl sites for hydroxylation is 3. The van der Waals surface area contributed by atoms with Crippen LogP contribution in [0.2, 0.25) is 5.02 Å². The summed E-state index contributed by atoms with van der Waals surface area (Å²) < 4.78 is 30.5. The van der Waals surface area contributed by atoms with Gasteiger partial charge >= 0.3 is 0 Å². The number of fused-ring (bicyclic) bond motifs is 1. The lowest BCUT2D eigenvalue weighted by atomic mass is 10.0. The molecule has 2 amide bonds. The predicted octanol–water partition coefficient (Wildman–Crippen LogP) is 4.47. The fourth-order valence-electron chi connectivity index (χ4n) is 3.58. The molecule has 34 heavy (non-hydrogen) atoms. The third kappa shape index (κ3) is 3.92. The second kappa shape index (κ2) is 8.76. The van der Waals surface area contributed by atoms with Crippen LogP contribution in [-0.2, 0) is 13.6 Å². The van der Waals surface area contributed by atoms with Crippen LogP contribution in [0.15, 0.2) is 12.3 Å². The first kappa shape index (κ1) is 23.8. The number of nitrogens with two attached hydrogens (primary N) is 1. The Labute approximate surface area is 201 Å². The van der Waals surface area contributed by atoms with E-state index in [1.54, 1.807) is 31.8 Å². The quantitative estimate of drug-likeness (QED) is 0.399. The van der Waals surface area contributed by atoms with E-state index >= 15 is 0 Å². The molecule has 0 radical (unpaired) electrons. The van der Waals surface area contributed by atoms with E-state index in [0.717, 1.165) is 11.3 Å². The maximum Gasteiger partial charge on any atom is 0.280 e. The maximum absolute atomic E-state index is 13.7. The lowest BCUT2D eigenvalue weighted by Crippen LogP contribution is -2.17. The fourth-order valence-corrected chi connectivity index (χ4v) is 4.84. The van der Waals surface area contributed by atoms with Gasteiger partial charge in [0.2, 0.25) is 0 Å². The van der Waals surface area contributed by atoms with Crippen LogP contribution < -0.4 is 11.1 Å². The number of nitrogens with one attached hydrogen (secondary N) is 1. The van der Waals surface area contributed by atoms with Crippen molar-refractivity contribution in [2.24, 2.45) is 12.8 Å². The van der Waals surface area contributed by atoms with Gasteiger partial charge in [-0.1, -0.05) is 11.6 Å². The van der Waals surface area contributed by atoms with E-state index in [1.807, 2.05) is 6.92 Å². The number of rotatable bonds is 6. The summed E-state index contributed by atoms with van der Waals surface area (Å²) in [6, 6.07) is 1.24. The lowest BCUT2D eigenvalue weighted by molar-refractivity contribution is 0.100. The summed E-state index contributed by atoms with van der Waals surface area (Å²) in [6.07, 6.45) is -1.14. The SMILES string of the molecule is CCn1cc(-c2cc(C(F)F)nc3sc(C(N)=O)c(NC(=O)c4nn(C)c(C)c4Cl)c23)c(C)n1. The minimum atomic E-state index is -2.85. The third-order valence-electron chi connectivity index (χ3n) is 5.40. The van der Waals surface area contributed by atoms with Crippen molar-refractivity contribution in [3.05, 3.63) is 44.9 Å². The molecule has 0 aromatic carbocycles. The Kier molecular flexibility index (Phi) is 6.13. The summed E-state index contributed by atoms with van der Waals surface area (Å²) in [5, 5.41) is 11.6. The van der Waals surface area contributed by atoms with Crippen LogP contribution in [0.1, 0.15) is 50.6 Å². The van der Waals surface area contributed by atoms with E-state index in [0.29, 0.717) is 34.4 Å². The van der Waals surface area contributed by atoms with Crippen LogP contribution >= 0.6 is 22.9 Å². The molecule has 0 aliphatic rings. The number of pyridine rings is 1. The smallest absolute Gasteiger partial charge is 0.280 e. The van der Waals surface area contributed by atoms with Crippen molar-refractivity contribution in [1.29, 1.82) is 0 Å². The Balaban J connectivity index is 1.99. The second-order valence-corrected chi connectivity index (χ2v) is 8.93. The first-order chi connectivity index (χ1) is 16.0. The largest absolute Gasteiger partial charge is 0.365 e. The van der Waals surface area contributed by atoms with Crippen LogP contribution in [0.4, 0.5) is 14.5 Å². The van der Waals surface area contributed by atoms with Crippen LogP contribution in [0.3, 0.4) is 0 Å². The molecular weight excluding hydrogens is 488 g/mol. The number of hydrogen-bond acceptors (Lipinski definition) is 6. The molecule has 4 aromatic rings. The monoisotopic (exact) mass is 507 g/mol. The summed E-state index contributed by atoms with van der Waals surface area (Å²) in [6.45, 7) is 5.89. The highest BCUT2D eigenvalue weighted by Gasteiger charge is 2.28. The average molecular weight is 508 g/mol. The molecule has 4 heterocycles. The lowest BCUT2D eigenvalue weighted by Gasteiger charge is -2.10. The molecule has 0 fully saturated rings. The molecule has 3 N–H and O–H groups in total. The first-order valence-electron chi connectivity index (χ1n) is 10.1. The van der Waals surface area contributed by atoms with Gasteiger partial charge in [-0.15, -0.1) is 11.3 Å². The number of primary amides is 1. The number of aromatic nitrogens is 5. The Morgan fingerprint density at radius 2 is 1.97 bits per heavy atom. The van der Waals surface area contributed by atoms with Gasteiger partial charge < -0.3 is 11.1 Å². The molecule has 0 atom stereocenters. The van der Waals surface area contributed by atoms with Gasteiger partial charge in [0.1, 0.15) is 15.4 Å². The Bertz CT molecular complexity index is 1460. The number of nitrogens with zero attached hydrogens (tertiary/aromatic N) is 5. The van der Waals surface area contributed by atoms with Gasteiger partial charge in [0.25, 0.3) is 18.2 Å². The van der Waals surface area contributed by atoms with E-state index in [2.05, 4.69) is 20.5 Å². The van der Waals surface area contributed by atoms with Crippen molar-refractivity contribution in [2.45, 2.75) is 33.7 Å². The zero-order valence-electron chi connectivity index (χ0n) is 18.6. The highest BCUT2D eigenvalue weighted by molar-refractivity contribution is 7.21. The second-order valence-electron chi connectivity index (χ2n) is 7.56. The number of thiophene rings is 1. The van der Waals surface area contributed by atoms with Gasteiger partial charge in [0.05, 0.1) is 22.1 Å². The van der Waals surface area contributed by atoms with Crippen molar-refractivity contribution in [3.8, 4) is 11.1 Å². The molecule has 0 saturated heterocycles. The molecule has 0 aliphatic heterocycles. The molecule has 4 aromatic heterocycles. The molecule has 13 heteroatoms. The van der Waals surface area contributed by atoms with Crippen molar-refractivity contribution >= 4 is 50.7 Å². The van der Waals surface area contributed by atoms with Gasteiger partial charge in [-0.05, 0) is 32.4 Å². The minimum absolute atomic E-state index is 0.0344. The molecule has 9 nitrogen and oxygen atoms in total. The molecule has 0 bridgehead atoms. The molecule has 0 aliphatic carbocycles. The highest BCUT2D eigenvalue weighted by atomic mass is 35.5. The number of alkyl halides is 2. The van der Waals surface area contributed by atoms with Gasteiger partial charge in [-0.2, -0.15) is 10.2 Å². The topological polar surface area (TPSA) is 121 Å². The number of halogens is 3. The predicted molar refractivity (Wildman–Crippen MR) is 126 cm³/mol. The number of anilines is 1. The standard InChI is InChI=1S/C21H20ClF2N7O2S/c1-5-31-7-11(8(2)28-31)10-6-12(18(23)24)26-21-13(10)15(17(34-21)19(25)32)27-20(33)16-14(22)9(3)30(4)29-16/h6-7,18H,5H2,1-4H3,(H2,25,32)(H,27,33). The van der Waals surface area contributed by atoms with E-state index < -0.39 is 23.9 Å². The van der Waals surface area contributed by atoms with Crippen LogP contribution in [-0.4, -0.2) is 36.4 Å². The van der Waals surface area contributed by atoms with Crippen molar-refractivity contribution in [3.63, 3.8) is 0 Å². The fraction of sp³-hybridized carbons (Fsp3) is 0.286. The summed E-state index contributed by atoms with van der Waals surface area (Å²) in [5.74, 6) is -1.52. The van der Waals surface area contributed by atoms with Crippen LogP contribution in [0.5, 0.6) is 0 Å². The summed E-state index contributed by atoms with van der Waals surface area (Å²) in [5.41, 5.74) is 7.18. The Morgan fingerprint density at radius 1 is 1.26 bits per heavy atom. The zero-order chi connectivity index (χ0) is 24.9. The average Bonchev–Trinajstić information content (AvgIpc) is 3.43. The van der Waals surface area contributed by atoms with Crippen molar-refractivity contribution < 1.29 is 18.4 Å². The molecule has 0 unspecified atom stereocenters. The van der Waals surface area contributed by atoms with E-state index in [-0.39, 0.29) is 26.1 Å². The minimum Gasteiger partial charge on any atom is -0.365 e. The van der Waals surface area contributed by atoms with E-state index in [1.165, 1.54) is 10.7 Å². The molecular formula is C21H20ClF2N7O2S. The molecule has 178 valence electrons. The van der Waals surface area contributed by atoms with E-state index in [9.17, 15) is 18.4 Å². The number of hydrogen-bond donors (Lipinski definition) is 2. The molecule has 0 spiro atoms. The number of carbonyl (C=O) groups is 2. The molecule has 4 rings (SSSR count). The van der Waals surface area contributed by atoms with Gasteiger partial charge in [0.15, 0.2) is 5.69 Å². The van der Waals surface area contributed by atoms with E-state index in [4.69, 9.17) is 17.3 Å². The van der Waals surface area contributed by atoms with Crippen LogP contribution in [0, 0.1) is 13.8 Å². The zero-order valence-corrected chi connectivity index (χ0v) is 20.2.